The summed E-state index contributed by atoms with van der Waals surface area (Å²) in [4.78, 5) is 0. The first kappa shape index (κ1) is 11.9. The number of nitriles is 1. The van der Waals surface area contributed by atoms with Crippen LogP contribution >= 0.6 is 0 Å². The van der Waals surface area contributed by atoms with Gasteiger partial charge in [-0.15, -0.1) is 0 Å². The van der Waals surface area contributed by atoms with Crippen LogP contribution in [-0.4, -0.2) is 29.6 Å². The molecular formula is C12H17N3O2. The Balaban J connectivity index is 2.01. The van der Waals surface area contributed by atoms with Gasteiger partial charge in [0.15, 0.2) is 0 Å². The minimum atomic E-state index is 0.519. The Morgan fingerprint density at radius 1 is 1.53 bits per heavy atom. The molecule has 0 atom stereocenters. The summed E-state index contributed by atoms with van der Waals surface area (Å²) in [7, 11) is 1.80. The fraction of sp³-hybridized carbons (Fsp3) is 0.667. The maximum atomic E-state index is 9.05. The van der Waals surface area contributed by atoms with E-state index in [4.69, 9.17) is 14.7 Å². The van der Waals surface area contributed by atoms with Gasteiger partial charge in [-0.25, -0.2) is 4.68 Å². The lowest BCUT2D eigenvalue weighted by Crippen LogP contribution is -2.22. The number of hydrogen-bond donors (Lipinski definition) is 0. The van der Waals surface area contributed by atoms with Crippen molar-refractivity contribution in [3.8, 4) is 11.9 Å². The van der Waals surface area contributed by atoms with Crippen LogP contribution in [-0.2, 0) is 11.8 Å². The second kappa shape index (κ2) is 5.19. The van der Waals surface area contributed by atoms with Crippen LogP contribution in [0.3, 0.4) is 0 Å². The zero-order valence-electron chi connectivity index (χ0n) is 10.3. The van der Waals surface area contributed by atoms with Gasteiger partial charge in [-0.1, -0.05) is 0 Å². The quantitative estimate of drug-likeness (QED) is 0.794. The Hall–Kier alpha value is -1.54. The molecule has 5 heteroatoms. The zero-order chi connectivity index (χ0) is 12.3. The van der Waals surface area contributed by atoms with Gasteiger partial charge in [0.1, 0.15) is 11.6 Å². The Morgan fingerprint density at radius 2 is 2.24 bits per heavy atom. The molecule has 1 aliphatic heterocycles. The van der Waals surface area contributed by atoms with Crippen molar-refractivity contribution in [3.63, 3.8) is 0 Å². The molecule has 1 aliphatic rings. The molecule has 17 heavy (non-hydrogen) atoms. The normalized spacial score (nSPS) is 16.8. The second-order valence-corrected chi connectivity index (χ2v) is 4.37. The van der Waals surface area contributed by atoms with Crippen molar-refractivity contribution in [1.29, 1.82) is 5.26 Å². The molecule has 0 aromatic carbocycles. The molecule has 1 aromatic rings. The minimum absolute atomic E-state index is 0.519. The zero-order valence-corrected chi connectivity index (χ0v) is 10.3. The molecule has 0 unspecified atom stereocenters. The standard InChI is InChI=1S/C12H17N3O2/c1-9-11(7-13)12(15(2)14-9)17-8-10-3-5-16-6-4-10/h10H,3-6,8H2,1-2H3. The molecular weight excluding hydrogens is 218 g/mol. The third-order valence-corrected chi connectivity index (χ3v) is 3.08. The maximum absolute atomic E-state index is 9.05. The number of ether oxygens (including phenoxy) is 2. The lowest BCUT2D eigenvalue weighted by molar-refractivity contribution is 0.0483. The third-order valence-electron chi connectivity index (χ3n) is 3.08. The summed E-state index contributed by atoms with van der Waals surface area (Å²) in [6.07, 6.45) is 2.05. The lowest BCUT2D eigenvalue weighted by atomic mass is 10.0. The fourth-order valence-corrected chi connectivity index (χ4v) is 2.04. The Bertz CT molecular complexity index is 428. The Kier molecular flexibility index (Phi) is 3.64. The van der Waals surface area contributed by atoms with Crippen LogP contribution in [0.4, 0.5) is 0 Å². The van der Waals surface area contributed by atoms with Crippen LogP contribution in [0.5, 0.6) is 5.88 Å². The SMILES string of the molecule is Cc1nn(C)c(OCC2CCOCC2)c1C#N. The van der Waals surface area contributed by atoms with Gasteiger partial charge in [0.05, 0.1) is 12.3 Å². The molecule has 1 saturated heterocycles. The molecule has 1 aromatic heterocycles. The largest absolute Gasteiger partial charge is 0.477 e. The number of aryl methyl sites for hydroxylation is 2. The van der Waals surface area contributed by atoms with E-state index in [0.717, 1.165) is 31.7 Å². The smallest absolute Gasteiger partial charge is 0.230 e. The van der Waals surface area contributed by atoms with E-state index in [1.165, 1.54) is 0 Å². The van der Waals surface area contributed by atoms with Crippen molar-refractivity contribution in [2.24, 2.45) is 13.0 Å². The van der Waals surface area contributed by atoms with Crippen LogP contribution in [0, 0.1) is 24.2 Å². The first-order chi connectivity index (χ1) is 8.22. The van der Waals surface area contributed by atoms with E-state index < -0.39 is 0 Å². The van der Waals surface area contributed by atoms with E-state index >= 15 is 0 Å². The average molecular weight is 235 g/mol. The van der Waals surface area contributed by atoms with Crippen LogP contribution in [0.15, 0.2) is 0 Å². The van der Waals surface area contributed by atoms with E-state index in [9.17, 15) is 0 Å². The molecule has 0 N–H and O–H groups in total. The van der Waals surface area contributed by atoms with E-state index in [1.54, 1.807) is 11.7 Å². The predicted molar refractivity (Wildman–Crippen MR) is 61.7 cm³/mol. The summed E-state index contributed by atoms with van der Waals surface area (Å²) in [5.74, 6) is 1.10. The molecule has 0 radical (unpaired) electrons. The van der Waals surface area contributed by atoms with Crippen molar-refractivity contribution >= 4 is 0 Å². The van der Waals surface area contributed by atoms with Crippen molar-refractivity contribution < 1.29 is 9.47 Å². The molecule has 2 rings (SSSR count). The highest BCUT2D eigenvalue weighted by atomic mass is 16.5. The van der Waals surface area contributed by atoms with E-state index in [0.29, 0.717) is 24.0 Å². The van der Waals surface area contributed by atoms with Gasteiger partial charge < -0.3 is 9.47 Å². The van der Waals surface area contributed by atoms with Crippen molar-refractivity contribution in [2.45, 2.75) is 19.8 Å². The van der Waals surface area contributed by atoms with Crippen molar-refractivity contribution in [1.82, 2.24) is 9.78 Å². The van der Waals surface area contributed by atoms with Crippen molar-refractivity contribution in [2.75, 3.05) is 19.8 Å². The molecule has 0 amide bonds. The van der Waals surface area contributed by atoms with Gasteiger partial charge >= 0.3 is 0 Å². The van der Waals surface area contributed by atoms with Crippen LogP contribution < -0.4 is 4.74 Å². The highest BCUT2D eigenvalue weighted by molar-refractivity contribution is 5.41. The number of rotatable bonds is 3. The van der Waals surface area contributed by atoms with Gasteiger partial charge in [0.2, 0.25) is 5.88 Å². The third kappa shape index (κ3) is 2.59. The fourth-order valence-electron chi connectivity index (χ4n) is 2.04. The highest BCUT2D eigenvalue weighted by Gasteiger charge is 2.18. The van der Waals surface area contributed by atoms with Crippen molar-refractivity contribution in [3.05, 3.63) is 11.3 Å². The van der Waals surface area contributed by atoms with Crippen LogP contribution in [0.2, 0.25) is 0 Å². The highest BCUT2D eigenvalue weighted by Crippen LogP contribution is 2.22. The average Bonchev–Trinajstić information content (AvgIpc) is 2.62. The molecule has 0 aliphatic carbocycles. The molecule has 1 fully saturated rings. The summed E-state index contributed by atoms with van der Waals surface area (Å²) < 4.78 is 12.7. The summed E-state index contributed by atoms with van der Waals surface area (Å²) in [6, 6.07) is 2.14. The summed E-state index contributed by atoms with van der Waals surface area (Å²) in [5, 5.41) is 13.2. The van der Waals surface area contributed by atoms with Gasteiger partial charge in [0, 0.05) is 20.3 Å². The second-order valence-electron chi connectivity index (χ2n) is 4.37. The lowest BCUT2D eigenvalue weighted by Gasteiger charge is -2.21. The van der Waals surface area contributed by atoms with Crippen LogP contribution in [0.25, 0.3) is 0 Å². The van der Waals surface area contributed by atoms with E-state index in [2.05, 4.69) is 11.2 Å². The number of aromatic nitrogens is 2. The van der Waals surface area contributed by atoms with Gasteiger partial charge in [-0.2, -0.15) is 10.4 Å². The molecule has 5 nitrogen and oxygen atoms in total. The number of hydrogen-bond acceptors (Lipinski definition) is 4. The maximum Gasteiger partial charge on any atom is 0.230 e. The van der Waals surface area contributed by atoms with E-state index in [1.807, 2.05) is 6.92 Å². The van der Waals surface area contributed by atoms with Gasteiger partial charge in [-0.3, -0.25) is 0 Å². The summed E-state index contributed by atoms with van der Waals surface area (Å²) in [5.41, 5.74) is 1.26. The molecule has 0 spiro atoms. The molecule has 0 saturated carbocycles. The minimum Gasteiger partial charge on any atom is -0.477 e. The summed E-state index contributed by atoms with van der Waals surface area (Å²) in [6.45, 7) is 4.07. The summed E-state index contributed by atoms with van der Waals surface area (Å²) >= 11 is 0. The molecule has 92 valence electrons. The topological polar surface area (TPSA) is 60.1 Å². The van der Waals surface area contributed by atoms with Gasteiger partial charge in [0.25, 0.3) is 0 Å². The Labute approximate surface area is 101 Å². The Morgan fingerprint density at radius 3 is 2.88 bits per heavy atom. The van der Waals surface area contributed by atoms with E-state index in [-0.39, 0.29) is 0 Å². The first-order valence-electron chi connectivity index (χ1n) is 5.86. The number of nitrogens with zero attached hydrogens (tertiary/aromatic N) is 3. The monoisotopic (exact) mass is 235 g/mol. The molecule has 0 bridgehead atoms. The molecule has 2 heterocycles. The van der Waals surface area contributed by atoms with Gasteiger partial charge in [-0.05, 0) is 25.7 Å². The predicted octanol–water partition coefficient (Wildman–Crippen LogP) is 1.41. The first-order valence-corrected chi connectivity index (χ1v) is 5.86. The van der Waals surface area contributed by atoms with Crippen LogP contribution in [0.1, 0.15) is 24.1 Å².